The summed E-state index contributed by atoms with van der Waals surface area (Å²) in [6, 6.07) is 51.2. The number of fused-ring (bicyclic) bond motifs is 6. The summed E-state index contributed by atoms with van der Waals surface area (Å²) in [5, 5.41) is 16.9. The number of pyridine rings is 4. The number of hydrogen-bond donors (Lipinski definition) is 5. The van der Waals surface area contributed by atoms with Gasteiger partial charge in [0.1, 0.15) is 97.3 Å². The third-order valence-corrected chi connectivity index (χ3v) is 26.2. The highest BCUT2D eigenvalue weighted by Gasteiger charge is 2.44. The van der Waals surface area contributed by atoms with Gasteiger partial charge in [-0.15, -0.1) is 20.1 Å². The molecule has 15 aromatic heterocycles. The SMILES string of the molecule is COc1ccc(Nc2cncc(-c3cccc4nc(C5CCC5)cn34)n2)cc1.FC(F)(F)c1ccc(Nc2cncc(-c3c(C(F)(F)F)nc4sccn34)n2)cc1.FC(F)(F)c1ccc(Nc2cncc(-c3cccc4nc(C5CCC5)cn34)n2)cc1.FC(F)Oc1ccc(Nc2cncc(-c3cccc4nc(C5CCC5)cn34)n2)cc1.FC1(F)Oc2ccc(Nc3cncc(-c4cccc5nc(C6CCC6)cn45)n3)cc2O1. The van der Waals surface area contributed by atoms with E-state index >= 15 is 0 Å². The minimum absolute atomic E-state index is 0.00978. The van der Waals surface area contributed by atoms with Gasteiger partial charge in [0.2, 0.25) is 0 Å². The number of ether oxygens (including phenoxy) is 4. The summed E-state index contributed by atoms with van der Waals surface area (Å²) in [5.41, 5.74) is 14.5. The molecule has 0 unspecified atom stereocenters. The topological polar surface area (TPSA) is 312 Å². The van der Waals surface area contributed by atoms with Gasteiger partial charge in [0.15, 0.2) is 22.2 Å². The summed E-state index contributed by atoms with van der Waals surface area (Å²) < 4.78 is 195. The van der Waals surface area contributed by atoms with Crippen molar-refractivity contribution >= 4 is 96.4 Å². The van der Waals surface area contributed by atoms with Crippen molar-refractivity contribution in [2.45, 2.75) is 132 Å². The van der Waals surface area contributed by atoms with Gasteiger partial charge < -0.3 is 45.5 Å². The Bertz CT molecular complexity index is 8150. The molecule has 750 valence electrons. The Hall–Kier alpha value is -17.3. The molecule has 16 heterocycles. The van der Waals surface area contributed by atoms with Gasteiger partial charge in [-0.05, 0) is 209 Å². The number of alkyl halides is 13. The molecular weight excluding hydrogens is 1950 g/mol. The van der Waals surface area contributed by atoms with Crippen LogP contribution in [0.2, 0.25) is 0 Å². The molecular formula is C105H84F13N25O4S. The number of halogens is 13. The van der Waals surface area contributed by atoms with Crippen LogP contribution in [0.25, 0.3) is 84.5 Å². The zero-order valence-corrected chi connectivity index (χ0v) is 78.7. The number of rotatable bonds is 22. The molecule has 5 aliphatic rings. The van der Waals surface area contributed by atoms with Crippen molar-refractivity contribution in [2.75, 3.05) is 33.7 Å². The number of methoxy groups -OCH3 is 1. The highest BCUT2D eigenvalue weighted by Crippen LogP contribution is 2.46. The maximum atomic E-state index is 13.4. The zero-order valence-electron chi connectivity index (χ0n) is 77.9. The first-order valence-electron chi connectivity index (χ1n) is 46.9. The molecule has 4 fully saturated rings. The van der Waals surface area contributed by atoms with Gasteiger partial charge in [-0.2, -0.15) is 48.3 Å². The van der Waals surface area contributed by atoms with Crippen molar-refractivity contribution in [1.82, 2.24) is 96.8 Å². The number of imidazole rings is 5. The van der Waals surface area contributed by atoms with Crippen LogP contribution in [0.1, 0.15) is 140 Å². The van der Waals surface area contributed by atoms with E-state index in [1.807, 2.05) is 99.8 Å². The quantitative estimate of drug-likeness (QED) is 0.0394. The van der Waals surface area contributed by atoms with Crippen LogP contribution in [0, 0.1) is 0 Å². The van der Waals surface area contributed by atoms with Gasteiger partial charge in [-0.1, -0.05) is 49.9 Å². The molecule has 43 heteroatoms. The van der Waals surface area contributed by atoms with E-state index in [4.69, 9.17) is 29.7 Å². The molecule has 0 bridgehead atoms. The Labute approximate surface area is 836 Å². The Kier molecular flexibility index (Phi) is 26.9. The van der Waals surface area contributed by atoms with Crippen molar-refractivity contribution in [3.05, 3.63) is 326 Å². The van der Waals surface area contributed by atoms with Crippen molar-refractivity contribution < 1.29 is 76.0 Å². The number of nitrogens with zero attached hydrogens (tertiary/aromatic N) is 20. The van der Waals surface area contributed by atoms with Crippen LogP contribution in [0.15, 0.2) is 286 Å². The summed E-state index contributed by atoms with van der Waals surface area (Å²) in [7, 11) is 1.66. The van der Waals surface area contributed by atoms with Gasteiger partial charge in [0.25, 0.3) is 0 Å². The molecule has 5 aromatic carbocycles. The van der Waals surface area contributed by atoms with Crippen LogP contribution >= 0.6 is 11.3 Å². The Morgan fingerprint density at radius 1 is 0.351 bits per heavy atom. The first kappa shape index (κ1) is 96.8. The lowest BCUT2D eigenvalue weighted by Gasteiger charge is -2.22. The van der Waals surface area contributed by atoms with E-state index in [1.165, 1.54) is 154 Å². The average molecular weight is 2040 g/mol. The fourth-order valence-electron chi connectivity index (χ4n) is 17.2. The van der Waals surface area contributed by atoms with E-state index < -0.39 is 48.3 Å². The van der Waals surface area contributed by atoms with Gasteiger partial charge in [-0.25, -0.2) is 49.8 Å². The summed E-state index contributed by atoms with van der Waals surface area (Å²) in [5.74, 6) is 5.31. The van der Waals surface area contributed by atoms with E-state index in [1.54, 1.807) is 74.1 Å². The molecule has 148 heavy (non-hydrogen) atoms. The van der Waals surface area contributed by atoms with E-state index in [0.29, 0.717) is 81.1 Å². The second-order valence-electron chi connectivity index (χ2n) is 35.3. The van der Waals surface area contributed by atoms with Crippen LogP contribution in [0.3, 0.4) is 0 Å². The summed E-state index contributed by atoms with van der Waals surface area (Å²) in [6.07, 6.45) is 23.0. The summed E-state index contributed by atoms with van der Waals surface area (Å²) >= 11 is 1.04. The standard InChI is InChI=1S/C22H18F3N5.C22H17F2N5O2.C22H19F2N5O.C22H21N5O.C17H9F6N5S/c23-22(24,25)15-7-9-16(10-8-15)27-20-12-26-11-17(28-20)19-5-2-6-21-29-18(13-30(19)21)14-3-1-4-14;23-22(24)30-18-8-7-14(9-19(18)31-22)26-20-11-25-10-15(27-20)17-5-2-6-21-28-16(12-29(17)21)13-3-1-4-13;23-22(24)30-16-9-7-15(8-10-16)26-20-12-25-11-17(27-20)19-5-2-6-21-28-18(13-29(19)21)14-3-1-4-14;1-28-17-10-8-16(9-11-17)24-21-13-23-12-18(25-21)20-6-3-7-22-26-19(14-27(20)22)15-4-2-5-15;18-16(19,20)9-1-3-10(4-2-9)25-12-8-24-7-11(26-12)13-14(17(21,22)23)27-15-28(13)5-6-29-15/h2,5-14H,1,3-4H2,(H,27,28);2,5-13H,1,3-4H2,(H,26,27);2,5-14,22H,1,3-4H2,(H,26,27);3,6-15H,2,4-5H2,1H3,(H,24,25);1-8H,(H,25,26). The van der Waals surface area contributed by atoms with E-state index in [0.717, 1.165) is 121 Å². The molecule has 4 aliphatic carbocycles. The number of nitrogens with one attached hydrogen (secondary N) is 5. The summed E-state index contributed by atoms with van der Waals surface area (Å²) in [4.78, 5) is 66.8. The monoisotopic (exact) mass is 2040 g/mol. The molecule has 4 saturated carbocycles. The molecule has 0 saturated heterocycles. The van der Waals surface area contributed by atoms with Crippen LogP contribution in [0.5, 0.6) is 23.0 Å². The first-order valence-corrected chi connectivity index (χ1v) is 47.8. The van der Waals surface area contributed by atoms with Gasteiger partial charge in [0, 0.05) is 94.5 Å². The molecule has 0 amide bonds. The third kappa shape index (κ3) is 21.9. The highest BCUT2D eigenvalue weighted by molar-refractivity contribution is 7.15. The van der Waals surface area contributed by atoms with Crippen LogP contribution in [-0.2, 0) is 18.5 Å². The second kappa shape index (κ2) is 41.1. The number of hydrogen-bond acceptors (Lipinski definition) is 25. The minimum atomic E-state index is -4.69. The molecule has 1 aliphatic heterocycles. The smallest absolute Gasteiger partial charge is 0.497 e. The Balaban J connectivity index is 0.000000108. The van der Waals surface area contributed by atoms with Crippen LogP contribution in [0.4, 0.5) is 115 Å². The predicted molar refractivity (Wildman–Crippen MR) is 528 cm³/mol. The Morgan fingerprint density at radius 3 is 0.993 bits per heavy atom. The lowest BCUT2D eigenvalue weighted by Crippen LogP contribution is -2.25. The maximum absolute atomic E-state index is 13.4. The second-order valence-corrected chi connectivity index (χ2v) is 36.2. The number of benzene rings is 5. The van der Waals surface area contributed by atoms with Gasteiger partial charge >= 0.3 is 31.4 Å². The number of aromatic nitrogens is 20. The average Bonchev–Trinajstić information content (AvgIpc) is 1.61. The van der Waals surface area contributed by atoms with Crippen molar-refractivity contribution in [3.8, 4) is 79.9 Å². The van der Waals surface area contributed by atoms with Crippen LogP contribution < -0.4 is 45.5 Å². The lowest BCUT2D eigenvalue weighted by atomic mass is 9.83. The first-order chi connectivity index (χ1) is 71.6. The largest absolute Gasteiger partial charge is 0.586 e. The molecule has 29 nitrogen and oxygen atoms in total. The molecule has 0 radical (unpaired) electrons. The fraction of sp³-hybridized carbons (Fsp3) is 0.210. The van der Waals surface area contributed by atoms with Gasteiger partial charge in [0.05, 0.1) is 126 Å². The van der Waals surface area contributed by atoms with Crippen molar-refractivity contribution in [3.63, 3.8) is 0 Å². The maximum Gasteiger partial charge on any atom is 0.586 e. The molecule has 25 rings (SSSR count). The van der Waals surface area contributed by atoms with Gasteiger partial charge in [-0.3, -0.25) is 46.9 Å². The Morgan fingerprint density at radius 2 is 0.669 bits per heavy atom. The number of anilines is 10. The zero-order chi connectivity index (χ0) is 102. The molecule has 0 spiro atoms. The molecule has 5 N–H and O–H groups in total. The van der Waals surface area contributed by atoms with E-state index in [9.17, 15) is 57.1 Å². The van der Waals surface area contributed by atoms with Crippen molar-refractivity contribution in [1.29, 1.82) is 0 Å². The predicted octanol–water partition coefficient (Wildman–Crippen LogP) is 26.8. The highest BCUT2D eigenvalue weighted by atomic mass is 32.1. The fourth-order valence-corrected chi connectivity index (χ4v) is 17.9. The lowest BCUT2D eigenvalue weighted by molar-refractivity contribution is -0.286. The summed E-state index contributed by atoms with van der Waals surface area (Å²) in [6.45, 7) is -2.85. The third-order valence-electron chi connectivity index (χ3n) is 25.5. The van der Waals surface area contributed by atoms with Crippen molar-refractivity contribution in [2.24, 2.45) is 0 Å². The molecule has 20 aromatic rings. The van der Waals surface area contributed by atoms with E-state index in [-0.39, 0.29) is 45.1 Å². The number of thiazole rings is 1. The minimum Gasteiger partial charge on any atom is -0.497 e. The normalized spacial score (nSPS) is 14.5. The van der Waals surface area contributed by atoms with Crippen LogP contribution in [-0.4, -0.2) is 117 Å². The van der Waals surface area contributed by atoms with E-state index in [2.05, 4.69) is 130 Å². The molecule has 0 atom stereocenters.